The highest BCUT2D eigenvalue weighted by molar-refractivity contribution is 9.10. The van der Waals surface area contributed by atoms with Gasteiger partial charge in [0.2, 0.25) is 0 Å². The molecule has 21 heavy (non-hydrogen) atoms. The number of phenolic OH excluding ortho intramolecular Hbond substituents is 1. The number of hydrogen-bond donors (Lipinski definition) is 2. The first-order valence-electron chi connectivity index (χ1n) is 6.23. The molecule has 0 aliphatic heterocycles. The Balaban J connectivity index is 2.11. The second-order valence-electron chi connectivity index (χ2n) is 4.48. The van der Waals surface area contributed by atoms with Crippen molar-refractivity contribution in [2.24, 2.45) is 0 Å². The number of rotatable bonds is 2. The molecule has 0 spiro atoms. The van der Waals surface area contributed by atoms with Crippen LogP contribution in [0.25, 0.3) is 22.7 Å². The van der Waals surface area contributed by atoms with Crippen molar-refractivity contribution in [3.8, 4) is 11.8 Å². The molecule has 0 unspecified atom stereocenters. The van der Waals surface area contributed by atoms with E-state index in [4.69, 9.17) is 0 Å². The van der Waals surface area contributed by atoms with Gasteiger partial charge < -0.3 is 10.1 Å². The Morgan fingerprint density at radius 2 is 2.10 bits per heavy atom. The molecule has 5 heteroatoms. The first kappa shape index (κ1) is 13.4. The van der Waals surface area contributed by atoms with Crippen LogP contribution in [0.3, 0.4) is 0 Å². The lowest BCUT2D eigenvalue weighted by Crippen LogP contribution is -1.85. The monoisotopic (exact) mass is 339 g/mol. The zero-order valence-electron chi connectivity index (χ0n) is 10.8. The van der Waals surface area contributed by atoms with Crippen molar-refractivity contribution >= 4 is 38.6 Å². The molecule has 0 radical (unpaired) electrons. The lowest BCUT2D eigenvalue weighted by atomic mass is 10.1. The van der Waals surface area contributed by atoms with Crippen molar-refractivity contribution in [3.05, 3.63) is 58.3 Å². The van der Waals surface area contributed by atoms with Gasteiger partial charge >= 0.3 is 0 Å². The van der Waals surface area contributed by atoms with Crippen molar-refractivity contribution in [2.75, 3.05) is 0 Å². The maximum absolute atomic E-state index is 9.86. The van der Waals surface area contributed by atoms with Gasteiger partial charge in [-0.25, -0.2) is 4.98 Å². The summed E-state index contributed by atoms with van der Waals surface area (Å²) in [4.78, 5) is 7.50. The number of nitrogens with zero attached hydrogens (tertiary/aromatic N) is 2. The molecule has 4 nitrogen and oxygen atoms in total. The number of hydrogen-bond acceptors (Lipinski definition) is 3. The molecule has 0 aliphatic rings. The van der Waals surface area contributed by atoms with Gasteiger partial charge in [0.15, 0.2) is 0 Å². The first-order valence-corrected chi connectivity index (χ1v) is 7.02. The number of phenols is 1. The molecule has 3 rings (SSSR count). The van der Waals surface area contributed by atoms with E-state index in [2.05, 4.69) is 32.0 Å². The highest BCUT2D eigenvalue weighted by atomic mass is 79.9. The van der Waals surface area contributed by atoms with E-state index in [1.807, 2.05) is 24.3 Å². The van der Waals surface area contributed by atoms with Crippen molar-refractivity contribution in [2.45, 2.75) is 0 Å². The van der Waals surface area contributed by atoms with Gasteiger partial charge in [0.1, 0.15) is 17.6 Å². The quantitative estimate of drug-likeness (QED) is 0.690. The summed E-state index contributed by atoms with van der Waals surface area (Å²) in [7, 11) is 0. The summed E-state index contributed by atoms with van der Waals surface area (Å²) in [5.74, 6) is 0.597. The molecule has 0 bridgehead atoms. The molecular formula is C16H10BrN3O. The molecule has 0 aliphatic carbocycles. The zero-order valence-corrected chi connectivity index (χ0v) is 12.4. The summed E-state index contributed by atoms with van der Waals surface area (Å²) < 4.78 is 0.827. The van der Waals surface area contributed by atoms with Crippen LogP contribution in [0.4, 0.5) is 0 Å². The van der Waals surface area contributed by atoms with E-state index in [1.165, 1.54) is 0 Å². The summed E-state index contributed by atoms with van der Waals surface area (Å²) in [5, 5.41) is 19.2. The van der Waals surface area contributed by atoms with Gasteiger partial charge in [-0.15, -0.1) is 0 Å². The van der Waals surface area contributed by atoms with Gasteiger partial charge in [0.25, 0.3) is 0 Å². The van der Waals surface area contributed by atoms with Crippen molar-refractivity contribution < 1.29 is 5.11 Å². The maximum atomic E-state index is 9.86. The van der Waals surface area contributed by atoms with Crippen LogP contribution in [0.15, 0.2) is 46.9 Å². The van der Waals surface area contributed by atoms with E-state index < -0.39 is 0 Å². The molecule has 2 aromatic carbocycles. The van der Waals surface area contributed by atoms with E-state index in [1.54, 1.807) is 24.3 Å². The number of aromatic hydroxyl groups is 1. The molecule has 3 aromatic rings. The van der Waals surface area contributed by atoms with Crippen LogP contribution >= 0.6 is 15.9 Å². The minimum absolute atomic E-state index is 0.113. The molecule has 1 aromatic heterocycles. The van der Waals surface area contributed by atoms with E-state index in [-0.39, 0.29) is 5.75 Å². The summed E-state index contributed by atoms with van der Waals surface area (Å²) in [6, 6.07) is 14.7. The standard InChI is InChI=1S/C16H10BrN3O/c17-12-5-6-15(21)10(8-12)7-11(9-18)16-19-13-3-1-2-4-14(13)20-16/h1-8,21H,(H,19,20)/b11-7-. The molecule has 0 fully saturated rings. The molecule has 0 atom stereocenters. The maximum Gasteiger partial charge on any atom is 0.149 e. The molecule has 102 valence electrons. The number of imidazole rings is 1. The van der Waals surface area contributed by atoms with E-state index >= 15 is 0 Å². The predicted octanol–water partition coefficient (Wildman–Crippen LogP) is 4.10. The largest absolute Gasteiger partial charge is 0.507 e. The fourth-order valence-electron chi connectivity index (χ4n) is 2.03. The Labute approximate surface area is 129 Å². The number of aromatic nitrogens is 2. The highest BCUT2D eigenvalue weighted by Gasteiger charge is 2.09. The Bertz CT molecular complexity index is 857. The second-order valence-corrected chi connectivity index (χ2v) is 5.39. The lowest BCUT2D eigenvalue weighted by Gasteiger charge is -2.00. The van der Waals surface area contributed by atoms with Crippen LogP contribution in [0.2, 0.25) is 0 Å². The minimum atomic E-state index is 0.113. The number of benzene rings is 2. The van der Waals surface area contributed by atoms with Crippen LogP contribution < -0.4 is 0 Å². The van der Waals surface area contributed by atoms with Crippen molar-refractivity contribution in [1.29, 1.82) is 5.26 Å². The number of halogens is 1. The molecule has 2 N–H and O–H groups in total. The third kappa shape index (κ3) is 2.67. The third-order valence-corrected chi connectivity index (χ3v) is 3.55. The Kier molecular flexibility index (Phi) is 3.46. The van der Waals surface area contributed by atoms with Gasteiger partial charge in [-0.05, 0) is 36.4 Å². The van der Waals surface area contributed by atoms with Crippen LogP contribution in [0.5, 0.6) is 5.75 Å². The molecule has 0 saturated heterocycles. The Hall–Kier alpha value is -2.58. The molecule has 1 heterocycles. The summed E-state index contributed by atoms with van der Waals surface area (Å²) in [5.41, 5.74) is 2.58. The van der Waals surface area contributed by atoms with Gasteiger partial charge in [-0.2, -0.15) is 5.26 Å². The highest BCUT2D eigenvalue weighted by Crippen LogP contribution is 2.26. The molecule has 0 saturated carbocycles. The molecular weight excluding hydrogens is 330 g/mol. The summed E-state index contributed by atoms with van der Waals surface area (Å²) >= 11 is 3.35. The van der Waals surface area contributed by atoms with Gasteiger partial charge in [0, 0.05) is 10.0 Å². The second kappa shape index (κ2) is 5.43. The topological polar surface area (TPSA) is 72.7 Å². The van der Waals surface area contributed by atoms with Crippen molar-refractivity contribution in [1.82, 2.24) is 9.97 Å². The Morgan fingerprint density at radius 3 is 2.86 bits per heavy atom. The van der Waals surface area contributed by atoms with Gasteiger partial charge in [-0.1, -0.05) is 28.1 Å². The zero-order chi connectivity index (χ0) is 14.8. The predicted molar refractivity (Wildman–Crippen MR) is 85.4 cm³/mol. The fourth-order valence-corrected chi connectivity index (χ4v) is 2.41. The number of nitrogens with one attached hydrogen (secondary N) is 1. The SMILES string of the molecule is N#C/C(=C/c1cc(Br)ccc1O)c1nc2ccccc2[nH]1. The van der Waals surface area contributed by atoms with Crippen LogP contribution in [-0.2, 0) is 0 Å². The van der Waals surface area contributed by atoms with Gasteiger partial charge in [-0.3, -0.25) is 0 Å². The first-order chi connectivity index (χ1) is 10.2. The smallest absolute Gasteiger partial charge is 0.149 e. The van der Waals surface area contributed by atoms with Crippen LogP contribution in [0, 0.1) is 11.3 Å². The van der Waals surface area contributed by atoms with Crippen LogP contribution in [0.1, 0.15) is 11.4 Å². The van der Waals surface area contributed by atoms with Gasteiger partial charge in [0.05, 0.1) is 16.6 Å². The number of fused-ring (bicyclic) bond motifs is 1. The number of para-hydroxylation sites is 2. The van der Waals surface area contributed by atoms with E-state index in [9.17, 15) is 10.4 Å². The Morgan fingerprint density at radius 1 is 1.29 bits per heavy atom. The average molecular weight is 340 g/mol. The normalized spacial score (nSPS) is 11.5. The fraction of sp³-hybridized carbons (Fsp3) is 0. The number of nitriles is 1. The number of H-pyrrole nitrogens is 1. The summed E-state index contributed by atoms with van der Waals surface area (Å²) in [6.07, 6.45) is 1.61. The minimum Gasteiger partial charge on any atom is -0.507 e. The van der Waals surface area contributed by atoms with E-state index in [0.717, 1.165) is 15.5 Å². The number of aromatic amines is 1. The third-order valence-electron chi connectivity index (χ3n) is 3.05. The van der Waals surface area contributed by atoms with Crippen molar-refractivity contribution in [3.63, 3.8) is 0 Å². The van der Waals surface area contributed by atoms with Crippen LogP contribution in [-0.4, -0.2) is 15.1 Å². The number of allylic oxidation sites excluding steroid dienone is 1. The summed E-state index contributed by atoms with van der Waals surface area (Å²) in [6.45, 7) is 0. The lowest BCUT2D eigenvalue weighted by molar-refractivity contribution is 0.474. The van der Waals surface area contributed by atoms with E-state index in [0.29, 0.717) is 17.0 Å². The average Bonchev–Trinajstić information content (AvgIpc) is 2.91. The molecule has 0 amide bonds.